The summed E-state index contributed by atoms with van der Waals surface area (Å²) in [6.07, 6.45) is -2.91. The standard InChI is InChI=1S/C18H15F3N2O3S/c1-11-15(27-17(23-11)14-6-3-7-25-14)9-22-16(24)10-26-13-5-2-4-12(8-13)18(19,20)21/h2-8H,9-10H2,1H3,(H,22,24). The Morgan fingerprint density at radius 2 is 2.11 bits per heavy atom. The first-order valence-corrected chi connectivity index (χ1v) is 8.71. The molecule has 0 bridgehead atoms. The van der Waals surface area contributed by atoms with Gasteiger partial charge in [0.15, 0.2) is 17.4 Å². The maximum Gasteiger partial charge on any atom is 0.416 e. The molecular formula is C18H15F3N2O3S. The summed E-state index contributed by atoms with van der Waals surface area (Å²) in [7, 11) is 0. The molecule has 0 saturated heterocycles. The van der Waals surface area contributed by atoms with Gasteiger partial charge in [-0.1, -0.05) is 6.07 Å². The topological polar surface area (TPSA) is 64.4 Å². The van der Waals surface area contributed by atoms with E-state index in [0.717, 1.165) is 22.7 Å². The van der Waals surface area contributed by atoms with Crippen molar-refractivity contribution >= 4 is 17.2 Å². The van der Waals surface area contributed by atoms with Crippen LogP contribution in [0.4, 0.5) is 13.2 Å². The van der Waals surface area contributed by atoms with Crippen molar-refractivity contribution in [3.63, 3.8) is 0 Å². The van der Waals surface area contributed by atoms with Crippen molar-refractivity contribution in [2.75, 3.05) is 6.61 Å². The number of aromatic nitrogens is 1. The Bertz CT molecular complexity index is 920. The molecule has 27 heavy (non-hydrogen) atoms. The van der Waals surface area contributed by atoms with Crippen LogP contribution in [0.3, 0.4) is 0 Å². The number of hydrogen-bond donors (Lipinski definition) is 1. The predicted octanol–water partition coefficient (Wildman–Crippen LogP) is 4.43. The number of benzene rings is 1. The van der Waals surface area contributed by atoms with Gasteiger partial charge in [0.1, 0.15) is 5.75 Å². The third-order valence-corrected chi connectivity index (χ3v) is 4.77. The van der Waals surface area contributed by atoms with Gasteiger partial charge in [-0.05, 0) is 37.3 Å². The van der Waals surface area contributed by atoms with Gasteiger partial charge in [-0.3, -0.25) is 4.79 Å². The first-order chi connectivity index (χ1) is 12.8. The van der Waals surface area contributed by atoms with E-state index in [4.69, 9.17) is 9.15 Å². The fraction of sp³-hybridized carbons (Fsp3) is 0.222. The van der Waals surface area contributed by atoms with Gasteiger partial charge in [0.2, 0.25) is 0 Å². The molecule has 1 N–H and O–H groups in total. The largest absolute Gasteiger partial charge is 0.484 e. The lowest BCUT2D eigenvalue weighted by Gasteiger charge is -2.10. The number of aryl methyl sites for hydroxylation is 1. The summed E-state index contributed by atoms with van der Waals surface area (Å²) in [6.45, 7) is 1.68. The molecule has 2 aromatic heterocycles. The molecule has 0 aliphatic heterocycles. The van der Waals surface area contributed by atoms with Crippen molar-refractivity contribution < 1.29 is 27.1 Å². The van der Waals surface area contributed by atoms with Crippen molar-refractivity contribution in [2.24, 2.45) is 0 Å². The van der Waals surface area contributed by atoms with Crippen molar-refractivity contribution in [1.82, 2.24) is 10.3 Å². The highest BCUT2D eigenvalue weighted by Gasteiger charge is 2.30. The lowest BCUT2D eigenvalue weighted by molar-refractivity contribution is -0.137. The number of carbonyl (C=O) groups excluding carboxylic acids is 1. The Morgan fingerprint density at radius 1 is 1.30 bits per heavy atom. The fourth-order valence-corrected chi connectivity index (χ4v) is 3.21. The lowest BCUT2D eigenvalue weighted by atomic mass is 10.2. The minimum atomic E-state index is -4.46. The summed E-state index contributed by atoms with van der Waals surface area (Å²) in [4.78, 5) is 17.2. The molecule has 142 valence electrons. The highest BCUT2D eigenvalue weighted by molar-refractivity contribution is 7.15. The first kappa shape index (κ1) is 19.0. The summed E-state index contributed by atoms with van der Waals surface area (Å²) in [5, 5.41) is 3.38. The molecule has 3 rings (SSSR count). The monoisotopic (exact) mass is 396 g/mol. The molecule has 0 unspecified atom stereocenters. The van der Waals surface area contributed by atoms with Crippen LogP contribution in [0.15, 0.2) is 47.1 Å². The second-order valence-corrected chi connectivity index (χ2v) is 6.68. The molecular weight excluding hydrogens is 381 g/mol. The second-order valence-electron chi connectivity index (χ2n) is 5.60. The van der Waals surface area contributed by atoms with E-state index in [1.165, 1.54) is 23.5 Å². The van der Waals surface area contributed by atoms with Crippen LogP contribution in [0.5, 0.6) is 5.75 Å². The molecule has 0 aliphatic rings. The zero-order chi connectivity index (χ0) is 19.4. The third-order valence-electron chi connectivity index (χ3n) is 3.60. The van der Waals surface area contributed by atoms with E-state index in [1.54, 1.807) is 18.4 Å². The highest BCUT2D eigenvalue weighted by atomic mass is 32.1. The van der Waals surface area contributed by atoms with Gasteiger partial charge in [0, 0.05) is 4.88 Å². The van der Waals surface area contributed by atoms with Gasteiger partial charge >= 0.3 is 6.18 Å². The normalized spacial score (nSPS) is 11.4. The molecule has 2 heterocycles. The quantitative estimate of drug-likeness (QED) is 0.670. The van der Waals surface area contributed by atoms with Crippen LogP contribution >= 0.6 is 11.3 Å². The van der Waals surface area contributed by atoms with E-state index in [-0.39, 0.29) is 18.9 Å². The Morgan fingerprint density at radius 3 is 2.81 bits per heavy atom. The van der Waals surface area contributed by atoms with Gasteiger partial charge < -0.3 is 14.5 Å². The summed E-state index contributed by atoms with van der Waals surface area (Å²) in [6, 6.07) is 7.95. The number of rotatable bonds is 6. The van der Waals surface area contributed by atoms with E-state index in [9.17, 15) is 18.0 Å². The number of ether oxygens (including phenoxy) is 1. The summed E-state index contributed by atoms with van der Waals surface area (Å²) in [5.74, 6) is 0.183. The number of nitrogens with one attached hydrogen (secondary N) is 1. The van der Waals surface area contributed by atoms with Crippen LogP contribution in [0.1, 0.15) is 16.1 Å². The Hall–Kier alpha value is -2.81. The van der Waals surface area contributed by atoms with Crippen LogP contribution in [0, 0.1) is 6.92 Å². The van der Waals surface area contributed by atoms with Crippen molar-refractivity contribution in [1.29, 1.82) is 0 Å². The maximum atomic E-state index is 12.7. The fourth-order valence-electron chi connectivity index (χ4n) is 2.24. The molecule has 0 radical (unpaired) electrons. The van der Waals surface area contributed by atoms with Gasteiger partial charge in [0.05, 0.1) is 24.1 Å². The molecule has 0 spiro atoms. The molecule has 5 nitrogen and oxygen atoms in total. The number of alkyl halides is 3. The number of nitrogens with zero attached hydrogens (tertiary/aromatic N) is 1. The van der Waals surface area contributed by atoms with E-state index < -0.39 is 17.6 Å². The zero-order valence-electron chi connectivity index (χ0n) is 14.2. The average Bonchev–Trinajstić information content (AvgIpc) is 3.27. The smallest absolute Gasteiger partial charge is 0.416 e. The van der Waals surface area contributed by atoms with Crippen molar-refractivity contribution in [3.8, 4) is 16.5 Å². The van der Waals surface area contributed by atoms with Crippen LogP contribution in [-0.4, -0.2) is 17.5 Å². The predicted molar refractivity (Wildman–Crippen MR) is 93.3 cm³/mol. The summed E-state index contributed by atoms with van der Waals surface area (Å²) < 4.78 is 48.5. The molecule has 1 amide bonds. The Kier molecular flexibility index (Phi) is 5.50. The zero-order valence-corrected chi connectivity index (χ0v) is 15.0. The number of furan rings is 1. The minimum Gasteiger partial charge on any atom is -0.484 e. The van der Waals surface area contributed by atoms with Gasteiger partial charge in [-0.2, -0.15) is 13.2 Å². The molecule has 0 fully saturated rings. The Balaban J connectivity index is 1.53. The van der Waals surface area contributed by atoms with Crippen LogP contribution in [0.25, 0.3) is 10.8 Å². The van der Waals surface area contributed by atoms with E-state index >= 15 is 0 Å². The average molecular weight is 396 g/mol. The van der Waals surface area contributed by atoms with Crippen LogP contribution < -0.4 is 10.1 Å². The summed E-state index contributed by atoms with van der Waals surface area (Å²) >= 11 is 1.39. The second kappa shape index (κ2) is 7.83. The SMILES string of the molecule is Cc1nc(-c2ccco2)sc1CNC(=O)COc1cccc(C(F)(F)F)c1. The minimum absolute atomic E-state index is 0.0194. The Labute approximate surface area is 156 Å². The lowest BCUT2D eigenvalue weighted by Crippen LogP contribution is -2.28. The highest BCUT2D eigenvalue weighted by Crippen LogP contribution is 2.31. The maximum absolute atomic E-state index is 12.7. The van der Waals surface area contributed by atoms with Gasteiger partial charge in [-0.25, -0.2) is 4.98 Å². The van der Waals surface area contributed by atoms with Gasteiger partial charge in [0.25, 0.3) is 5.91 Å². The summed E-state index contributed by atoms with van der Waals surface area (Å²) in [5.41, 5.74) is -0.0587. The van der Waals surface area contributed by atoms with E-state index in [2.05, 4.69) is 10.3 Å². The van der Waals surface area contributed by atoms with Crippen molar-refractivity contribution in [3.05, 3.63) is 58.8 Å². The molecule has 0 atom stereocenters. The molecule has 0 saturated carbocycles. The molecule has 9 heteroatoms. The number of carbonyl (C=O) groups is 1. The number of halogens is 3. The van der Waals surface area contributed by atoms with Crippen molar-refractivity contribution in [2.45, 2.75) is 19.6 Å². The third kappa shape index (κ3) is 4.88. The van der Waals surface area contributed by atoms with Gasteiger partial charge in [-0.15, -0.1) is 11.3 Å². The van der Waals surface area contributed by atoms with E-state index in [0.29, 0.717) is 10.8 Å². The molecule has 1 aromatic carbocycles. The number of hydrogen-bond acceptors (Lipinski definition) is 5. The molecule has 0 aliphatic carbocycles. The molecule has 3 aromatic rings. The van der Waals surface area contributed by atoms with E-state index in [1.807, 2.05) is 6.92 Å². The first-order valence-electron chi connectivity index (χ1n) is 7.90. The number of amides is 1. The number of thiazole rings is 1. The van der Waals surface area contributed by atoms with Crippen LogP contribution in [0.2, 0.25) is 0 Å². The van der Waals surface area contributed by atoms with Crippen LogP contribution in [-0.2, 0) is 17.5 Å².